The molecule has 88 valence electrons. The number of nitrogens with one attached hydrogen (secondary N) is 1. The Morgan fingerprint density at radius 2 is 2.50 bits per heavy atom. The third-order valence-electron chi connectivity index (χ3n) is 2.85. The summed E-state index contributed by atoms with van der Waals surface area (Å²) < 4.78 is 6.76. The van der Waals surface area contributed by atoms with Gasteiger partial charge in [0.05, 0.1) is 6.61 Å². The number of piperidine rings is 1. The van der Waals surface area contributed by atoms with Crippen LogP contribution < -0.4 is 10.1 Å². The van der Waals surface area contributed by atoms with Gasteiger partial charge in [0.2, 0.25) is 5.88 Å². The van der Waals surface area contributed by atoms with E-state index in [2.05, 4.69) is 26.2 Å². The molecule has 4 heteroatoms. The molecule has 0 saturated carbocycles. The van der Waals surface area contributed by atoms with Crippen molar-refractivity contribution in [1.29, 1.82) is 0 Å². The quantitative estimate of drug-likeness (QED) is 0.926. The van der Waals surface area contributed by atoms with Crippen molar-refractivity contribution < 1.29 is 4.74 Å². The van der Waals surface area contributed by atoms with Crippen LogP contribution in [0, 0.1) is 12.8 Å². The molecule has 1 aromatic heterocycles. The van der Waals surface area contributed by atoms with Gasteiger partial charge in [0.1, 0.15) is 0 Å². The Bertz CT molecular complexity index is 351. The van der Waals surface area contributed by atoms with Gasteiger partial charge in [-0.2, -0.15) is 0 Å². The Morgan fingerprint density at radius 3 is 3.19 bits per heavy atom. The van der Waals surface area contributed by atoms with Gasteiger partial charge >= 0.3 is 0 Å². The van der Waals surface area contributed by atoms with Crippen LogP contribution in [0.4, 0.5) is 0 Å². The molecule has 1 atom stereocenters. The monoisotopic (exact) mass is 284 g/mol. The normalized spacial score (nSPS) is 20.8. The number of halogens is 1. The van der Waals surface area contributed by atoms with Gasteiger partial charge in [-0.25, -0.2) is 4.98 Å². The van der Waals surface area contributed by atoms with E-state index in [0.29, 0.717) is 5.92 Å². The fourth-order valence-electron chi connectivity index (χ4n) is 1.94. The molecule has 0 spiro atoms. The first-order valence-electron chi connectivity index (χ1n) is 5.71. The van der Waals surface area contributed by atoms with E-state index < -0.39 is 0 Å². The van der Waals surface area contributed by atoms with Crippen molar-refractivity contribution in [3.63, 3.8) is 0 Å². The molecule has 1 aliphatic heterocycles. The van der Waals surface area contributed by atoms with Gasteiger partial charge in [-0.3, -0.25) is 0 Å². The number of hydrogen-bond acceptors (Lipinski definition) is 3. The van der Waals surface area contributed by atoms with Gasteiger partial charge in [-0.1, -0.05) is 0 Å². The van der Waals surface area contributed by atoms with Gasteiger partial charge in [-0.15, -0.1) is 0 Å². The minimum absolute atomic E-state index is 0.624. The summed E-state index contributed by atoms with van der Waals surface area (Å²) in [4.78, 5) is 4.27. The summed E-state index contributed by atoms with van der Waals surface area (Å²) >= 11 is 3.40. The molecular formula is C12H17BrN2O. The van der Waals surface area contributed by atoms with Crippen LogP contribution in [0.3, 0.4) is 0 Å². The Hall–Kier alpha value is -0.610. The molecule has 1 aliphatic rings. The second kappa shape index (κ2) is 5.64. The van der Waals surface area contributed by atoms with E-state index in [-0.39, 0.29) is 0 Å². The fraction of sp³-hybridized carbons (Fsp3) is 0.583. The number of nitrogens with zero attached hydrogens (tertiary/aromatic N) is 1. The second-order valence-corrected chi connectivity index (χ2v) is 5.21. The second-order valence-electron chi connectivity index (χ2n) is 4.30. The van der Waals surface area contributed by atoms with Crippen molar-refractivity contribution in [2.24, 2.45) is 5.92 Å². The lowest BCUT2D eigenvalue weighted by atomic mass is 10.0. The van der Waals surface area contributed by atoms with Gasteiger partial charge in [0.15, 0.2) is 0 Å². The van der Waals surface area contributed by atoms with Crippen molar-refractivity contribution in [2.45, 2.75) is 19.8 Å². The summed E-state index contributed by atoms with van der Waals surface area (Å²) in [6, 6.07) is 2.03. The van der Waals surface area contributed by atoms with Gasteiger partial charge in [0, 0.05) is 28.7 Å². The van der Waals surface area contributed by atoms with Crippen molar-refractivity contribution in [3.05, 3.63) is 22.3 Å². The molecule has 1 N–H and O–H groups in total. The van der Waals surface area contributed by atoms with Crippen LogP contribution in [-0.2, 0) is 0 Å². The number of aryl methyl sites for hydroxylation is 1. The highest BCUT2D eigenvalue weighted by Gasteiger charge is 2.14. The third-order valence-corrected chi connectivity index (χ3v) is 3.29. The van der Waals surface area contributed by atoms with Gasteiger partial charge in [-0.05, 0) is 48.3 Å². The number of aromatic nitrogens is 1. The average molecular weight is 285 g/mol. The fourth-order valence-corrected chi connectivity index (χ4v) is 2.39. The highest BCUT2D eigenvalue weighted by molar-refractivity contribution is 9.10. The Morgan fingerprint density at radius 1 is 1.62 bits per heavy atom. The van der Waals surface area contributed by atoms with Crippen LogP contribution in [0.15, 0.2) is 16.7 Å². The lowest BCUT2D eigenvalue weighted by Crippen LogP contribution is -2.33. The molecular weight excluding hydrogens is 268 g/mol. The zero-order valence-electron chi connectivity index (χ0n) is 9.50. The molecule has 0 bridgehead atoms. The summed E-state index contributed by atoms with van der Waals surface area (Å²) in [5.74, 6) is 1.38. The van der Waals surface area contributed by atoms with E-state index in [1.165, 1.54) is 12.8 Å². The molecule has 1 unspecified atom stereocenters. The zero-order valence-corrected chi connectivity index (χ0v) is 11.1. The smallest absolute Gasteiger partial charge is 0.216 e. The summed E-state index contributed by atoms with van der Waals surface area (Å²) in [7, 11) is 0. The highest BCUT2D eigenvalue weighted by atomic mass is 79.9. The van der Waals surface area contributed by atoms with Crippen molar-refractivity contribution in [3.8, 4) is 5.88 Å². The van der Waals surface area contributed by atoms with Crippen LogP contribution >= 0.6 is 15.9 Å². The van der Waals surface area contributed by atoms with Crippen molar-refractivity contribution >= 4 is 15.9 Å². The molecule has 1 aromatic rings. The molecule has 0 radical (unpaired) electrons. The maximum atomic E-state index is 5.76. The minimum atomic E-state index is 0.624. The molecule has 0 aromatic carbocycles. The van der Waals surface area contributed by atoms with Gasteiger partial charge in [0.25, 0.3) is 0 Å². The van der Waals surface area contributed by atoms with E-state index in [1.54, 1.807) is 6.20 Å². The summed E-state index contributed by atoms with van der Waals surface area (Å²) in [6.45, 7) is 5.00. The van der Waals surface area contributed by atoms with Crippen molar-refractivity contribution in [2.75, 3.05) is 19.7 Å². The van der Waals surface area contributed by atoms with Crippen LogP contribution in [-0.4, -0.2) is 24.7 Å². The molecule has 16 heavy (non-hydrogen) atoms. The first-order chi connectivity index (χ1) is 7.75. The Labute approximate surface area is 105 Å². The first kappa shape index (κ1) is 11.9. The SMILES string of the molecule is Cc1cc(Br)cnc1OCC1CCCNC1. The lowest BCUT2D eigenvalue weighted by Gasteiger charge is -2.22. The molecule has 0 aliphatic carbocycles. The minimum Gasteiger partial charge on any atom is -0.477 e. The average Bonchev–Trinajstić information content (AvgIpc) is 2.29. The van der Waals surface area contributed by atoms with Crippen LogP contribution in [0.5, 0.6) is 5.88 Å². The number of hydrogen-bond donors (Lipinski definition) is 1. The van der Waals surface area contributed by atoms with Crippen LogP contribution in [0.25, 0.3) is 0 Å². The number of pyridine rings is 1. The summed E-state index contributed by atoms with van der Waals surface area (Å²) in [5.41, 5.74) is 1.08. The number of rotatable bonds is 3. The number of ether oxygens (including phenoxy) is 1. The standard InChI is InChI=1S/C12H17BrN2O/c1-9-5-11(13)7-15-12(9)16-8-10-3-2-4-14-6-10/h5,7,10,14H,2-4,6,8H2,1H3. The molecule has 2 rings (SSSR count). The third kappa shape index (κ3) is 3.19. The first-order valence-corrected chi connectivity index (χ1v) is 6.50. The van der Waals surface area contributed by atoms with Crippen molar-refractivity contribution in [1.82, 2.24) is 10.3 Å². The Balaban J connectivity index is 1.88. The topological polar surface area (TPSA) is 34.1 Å². The maximum Gasteiger partial charge on any atom is 0.216 e. The lowest BCUT2D eigenvalue weighted by molar-refractivity contribution is 0.211. The summed E-state index contributed by atoms with van der Waals surface area (Å²) in [5, 5.41) is 3.39. The van der Waals surface area contributed by atoms with E-state index in [9.17, 15) is 0 Å². The molecule has 3 nitrogen and oxygen atoms in total. The summed E-state index contributed by atoms with van der Waals surface area (Å²) in [6.07, 6.45) is 4.28. The molecule has 0 amide bonds. The van der Waals surface area contributed by atoms with Crippen LogP contribution in [0.2, 0.25) is 0 Å². The zero-order chi connectivity index (χ0) is 11.4. The molecule has 1 saturated heterocycles. The highest BCUT2D eigenvalue weighted by Crippen LogP contribution is 2.20. The van der Waals surface area contributed by atoms with E-state index in [1.807, 2.05) is 13.0 Å². The van der Waals surface area contributed by atoms with Crippen LogP contribution in [0.1, 0.15) is 18.4 Å². The van der Waals surface area contributed by atoms with E-state index >= 15 is 0 Å². The Kier molecular flexibility index (Phi) is 4.18. The molecule has 1 fully saturated rings. The van der Waals surface area contributed by atoms with E-state index in [4.69, 9.17) is 4.74 Å². The van der Waals surface area contributed by atoms with Gasteiger partial charge < -0.3 is 10.1 Å². The largest absolute Gasteiger partial charge is 0.477 e. The predicted molar refractivity (Wildman–Crippen MR) is 67.8 cm³/mol. The predicted octanol–water partition coefficient (Wildman–Crippen LogP) is 2.53. The maximum absolute atomic E-state index is 5.76. The molecule has 2 heterocycles. The van der Waals surface area contributed by atoms with E-state index in [0.717, 1.165) is 35.6 Å².